The van der Waals surface area contributed by atoms with E-state index in [1.807, 2.05) is 18.8 Å². The van der Waals surface area contributed by atoms with Gasteiger partial charge in [-0.3, -0.25) is 9.36 Å². The van der Waals surface area contributed by atoms with Crippen LogP contribution >= 0.6 is 0 Å². The molecule has 0 aliphatic carbocycles. The highest BCUT2D eigenvalue weighted by molar-refractivity contribution is 5.67. The van der Waals surface area contributed by atoms with Crippen molar-refractivity contribution >= 4 is 0 Å². The van der Waals surface area contributed by atoms with Gasteiger partial charge in [0.25, 0.3) is 0 Å². The molecule has 2 rings (SSSR count). The molecule has 0 bridgehead atoms. The van der Waals surface area contributed by atoms with Crippen LogP contribution in [0.1, 0.15) is 36.8 Å². The van der Waals surface area contributed by atoms with Crippen molar-refractivity contribution in [1.82, 2.24) is 24.9 Å². The van der Waals surface area contributed by atoms with Crippen molar-refractivity contribution in [1.29, 1.82) is 0 Å². The van der Waals surface area contributed by atoms with E-state index >= 15 is 0 Å². The first-order valence-electron chi connectivity index (χ1n) is 6.68. The van der Waals surface area contributed by atoms with Gasteiger partial charge < -0.3 is 5.32 Å². The molecule has 5 nitrogen and oxygen atoms in total. The standard InChI is InChI=1S/C14H23N5/c1-9(2)19-11(4)13(10(3)16-19)14-12(7-15-5)8-18(6)17-14/h8-9,15H,7H2,1-6H3. The summed E-state index contributed by atoms with van der Waals surface area (Å²) >= 11 is 0. The van der Waals surface area contributed by atoms with Gasteiger partial charge in [-0.05, 0) is 34.7 Å². The maximum Gasteiger partial charge on any atom is 0.100 e. The Hall–Kier alpha value is -1.62. The number of aromatic nitrogens is 4. The maximum absolute atomic E-state index is 4.64. The second kappa shape index (κ2) is 5.17. The van der Waals surface area contributed by atoms with Crippen molar-refractivity contribution in [3.05, 3.63) is 23.1 Å². The molecule has 104 valence electrons. The van der Waals surface area contributed by atoms with Crippen molar-refractivity contribution in [2.45, 2.75) is 40.3 Å². The second-order valence-electron chi connectivity index (χ2n) is 5.29. The largest absolute Gasteiger partial charge is 0.316 e. The van der Waals surface area contributed by atoms with Gasteiger partial charge in [-0.25, -0.2) is 0 Å². The zero-order chi connectivity index (χ0) is 14.2. The molecule has 1 N–H and O–H groups in total. The Bertz CT molecular complexity index is 577. The SMILES string of the molecule is CNCc1cn(C)nc1-c1c(C)nn(C(C)C)c1C. The molecule has 0 fully saturated rings. The van der Waals surface area contributed by atoms with Gasteiger partial charge in [0.05, 0.1) is 5.69 Å². The molecule has 0 aliphatic rings. The average molecular weight is 261 g/mol. The summed E-state index contributed by atoms with van der Waals surface area (Å²) in [6.07, 6.45) is 2.07. The van der Waals surface area contributed by atoms with Crippen LogP contribution in [0, 0.1) is 13.8 Å². The van der Waals surface area contributed by atoms with Crippen molar-refractivity contribution in [2.75, 3.05) is 7.05 Å². The lowest BCUT2D eigenvalue weighted by atomic mass is 10.1. The van der Waals surface area contributed by atoms with E-state index in [4.69, 9.17) is 0 Å². The molecular formula is C14H23N5. The molecule has 0 radical (unpaired) electrons. The van der Waals surface area contributed by atoms with E-state index in [1.165, 1.54) is 16.8 Å². The van der Waals surface area contributed by atoms with Crippen LogP contribution in [0.4, 0.5) is 0 Å². The van der Waals surface area contributed by atoms with Gasteiger partial charge in [-0.15, -0.1) is 0 Å². The third-order valence-corrected chi connectivity index (χ3v) is 3.32. The van der Waals surface area contributed by atoms with E-state index in [0.717, 1.165) is 17.9 Å². The molecule has 0 unspecified atom stereocenters. The minimum Gasteiger partial charge on any atom is -0.316 e. The van der Waals surface area contributed by atoms with Gasteiger partial charge >= 0.3 is 0 Å². The van der Waals surface area contributed by atoms with Crippen LogP contribution in [-0.4, -0.2) is 26.6 Å². The van der Waals surface area contributed by atoms with Gasteiger partial charge in [-0.2, -0.15) is 10.2 Å². The van der Waals surface area contributed by atoms with Crippen molar-refractivity contribution in [2.24, 2.45) is 7.05 Å². The predicted octanol–water partition coefficient (Wildman–Crippen LogP) is 2.20. The summed E-state index contributed by atoms with van der Waals surface area (Å²) in [6.45, 7) is 9.29. The Morgan fingerprint density at radius 3 is 2.47 bits per heavy atom. The third kappa shape index (κ3) is 2.42. The third-order valence-electron chi connectivity index (χ3n) is 3.32. The fourth-order valence-electron chi connectivity index (χ4n) is 2.58. The quantitative estimate of drug-likeness (QED) is 0.918. The first kappa shape index (κ1) is 13.8. The zero-order valence-corrected chi connectivity index (χ0v) is 12.7. The van der Waals surface area contributed by atoms with Crippen molar-refractivity contribution in [3.8, 4) is 11.3 Å². The van der Waals surface area contributed by atoms with E-state index in [0.29, 0.717) is 6.04 Å². The molecule has 2 aromatic heterocycles. The second-order valence-corrected chi connectivity index (χ2v) is 5.29. The summed E-state index contributed by atoms with van der Waals surface area (Å²) in [6, 6.07) is 0.365. The predicted molar refractivity (Wildman–Crippen MR) is 77.1 cm³/mol. The number of nitrogens with one attached hydrogen (secondary N) is 1. The summed E-state index contributed by atoms with van der Waals surface area (Å²) in [5.41, 5.74) is 5.64. The van der Waals surface area contributed by atoms with E-state index in [9.17, 15) is 0 Å². The van der Waals surface area contributed by atoms with Crippen molar-refractivity contribution in [3.63, 3.8) is 0 Å². The fourth-order valence-corrected chi connectivity index (χ4v) is 2.58. The summed E-state index contributed by atoms with van der Waals surface area (Å²) < 4.78 is 3.94. The highest BCUT2D eigenvalue weighted by Crippen LogP contribution is 2.29. The molecule has 0 saturated carbocycles. The number of hydrogen-bond acceptors (Lipinski definition) is 3. The Kier molecular flexibility index (Phi) is 3.75. The molecule has 0 aromatic carbocycles. The van der Waals surface area contributed by atoms with Gasteiger partial charge in [0.15, 0.2) is 0 Å². The lowest BCUT2D eigenvalue weighted by Gasteiger charge is -2.08. The molecule has 5 heteroatoms. The molecule has 0 aliphatic heterocycles. The zero-order valence-electron chi connectivity index (χ0n) is 12.7. The summed E-state index contributed by atoms with van der Waals surface area (Å²) in [4.78, 5) is 0. The minimum absolute atomic E-state index is 0.365. The van der Waals surface area contributed by atoms with Crippen LogP contribution in [-0.2, 0) is 13.6 Å². The van der Waals surface area contributed by atoms with Crippen molar-refractivity contribution < 1.29 is 0 Å². The van der Waals surface area contributed by atoms with Crippen LogP contribution in [0.25, 0.3) is 11.3 Å². The number of rotatable bonds is 4. The molecule has 0 atom stereocenters. The minimum atomic E-state index is 0.365. The van der Waals surface area contributed by atoms with Gasteiger partial charge in [0.2, 0.25) is 0 Å². The van der Waals surface area contributed by atoms with Crippen LogP contribution < -0.4 is 5.32 Å². The molecule has 0 spiro atoms. The van der Waals surface area contributed by atoms with Gasteiger partial charge in [-0.1, -0.05) is 0 Å². The maximum atomic E-state index is 4.64. The van der Waals surface area contributed by atoms with Gasteiger partial charge in [0, 0.05) is 42.7 Å². The van der Waals surface area contributed by atoms with Crippen LogP contribution in [0.5, 0.6) is 0 Å². The molecular weight excluding hydrogens is 238 g/mol. The van der Waals surface area contributed by atoms with E-state index < -0.39 is 0 Å². The topological polar surface area (TPSA) is 47.7 Å². The Morgan fingerprint density at radius 2 is 1.95 bits per heavy atom. The highest BCUT2D eigenvalue weighted by atomic mass is 15.3. The molecule has 19 heavy (non-hydrogen) atoms. The Balaban J connectivity index is 2.58. The number of hydrogen-bond donors (Lipinski definition) is 1. The Labute approximate surface area is 114 Å². The first-order chi connectivity index (χ1) is 8.95. The molecule has 2 aromatic rings. The lowest BCUT2D eigenvalue weighted by molar-refractivity contribution is 0.516. The summed E-state index contributed by atoms with van der Waals surface area (Å²) in [7, 11) is 3.91. The number of aryl methyl sites for hydroxylation is 2. The molecule has 0 saturated heterocycles. The van der Waals surface area contributed by atoms with Crippen LogP contribution in [0.2, 0.25) is 0 Å². The molecule has 2 heterocycles. The van der Waals surface area contributed by atoms with E-state index in [2.05, 4.69) is 54.1 Å². The molecule has 0 amide bonds. The smallest absolute Gasteiger partial charge is 0.100 e. The first-order valence-corrected chi connectivity index (χ1v) is 6.68. The van der Waals surface area contributed by atoms with Crippen LogP contribution in [0.15, 0.2) is 6.20 Å². The summed E-state index contributed by atoms with van der Waals surface area (Å²) in [5.74, 6) is 0. The monoisotopic (exact) mass is 261 g/mol. The van der Waals surface area contributed by atoms with Crippen LogP contribution in [0.3, 0.4) is 0 Å². The highest BCUT2D eigenvalue weighted by Gasteiger charge is 2.20. The van der Waals surface area contributed by atoms with E-state index in [1.54, 1.807) is 0 Å². The Morgan fingerprint density at radius 1 is 1.26 bits per heavy atom. The normalized spacial score (nSPS) is 11.5. The lowest BCUT2D eigenvalue weighted by Crippen LogP contribution is -2.06. The fraction of sp³-hybridized carbons (Fsp3) is 0.571. The summed E-state index contributed by atoms with van der Waals surface area (Å²) in [5, 5.41) is 12.5. The number of nitrogens with zero attached hydrogens (tertiary/aromatic N) is 4. The van der Waals surface area contributed by atoms with Gasteiger partial charge in [0.1, 0.15) is 5.69 Å². The average Bonchev–Trinajstić information content (AvgIpc) is 2.80. The van der Waals surface area contributed by atoms with E-state index in [-0.39, 0.29) is 0 Å².